The number of nitrogens with zero attached hydrogens (tertiary/aromatic N) is 2. The van der Waals surface area contributed by atoms with Crippen molar-refractivity contribution in [2.45, 2.75) is 19.4 Å². The zero-order chi connectivity index (χ0) is 16.4. The van der Waals surface area contributed by atoms with Gasteiger partial charge in [-0.15, -0.1) is 0 Å². The molecular weight excluding hydrogens is 316 g/mol. The lowest BCUT2D eigenvalue weighted by Gasteiger charge is -2.02. The summed E-state index contributed by atoms with van der Waals surface area (Å²) in [4.78, 5) is 26.9. The number of benzene rings is 1. The summed E-state index contributed by atoms with van der Waals surface area (Å²) in [6, 6.07) is 7.62. The number of thiazole rings is 1. The van der Waals surface area contributed by atoms with Gasteiger partial charge in [-0.3, -0.25) is 19.1 Å². The number of aromatic hydroxyl groups is 1. The Labute approximate surface area is 135 Å². The van der Waals surface area contributed by atoms with E-state index in [1.165, 1.54) is 4.57 Å². The molecule has 0 radical (unpaired) electrons. The largest absolute Gasteiger partial charge is 0.493 e. The Morgan fingerprint density at radius 1 is 1.35 bits per heavy atom. The average molecular weight is 330 g/mol. The summed E-state index contributed by atoms with van der Waals surface area (Å²) in [6.45, 7) is 0.182. The fourth-order valence-corrected chi connectivity index (χ4v) is 3.25. The number of hydrogen-bond acceptors (Lipinski definition) is 5. The highest BCUT2D eigenvalue weighted by atomic mass is 32.1. The first-order valence-electron chi connectivity index (χ1n) is 7.06. The smallest absolute Gasteiger partial charge is 0.310 e. The standard InChI is InChI=1S/C16H14N2O4S/c19-14(20)6-3-7-18-15(21)13(23-16(18)22)8-10-9-17-12-5-2-1-4-11(10)12/h1-2,4-5,8-9,21H,3,6-7H2,(H,19,20). The van der Waals surface area contributed by atoms with Crippen molar-refractivity contribution in [3.63, 3.8) is 0 Å². The van der Waals surface area contributed by atoms with Gasteiger partial charge >= 0.3 is 10.8 Å². The summed E-state index contributed by atoms with van der Waals surface area (Å²) in [5, 5.41) is 18.9. The van der Waals surface area contributed by atoms with Crippen LogP contribution in [0.3, 0.4) is 0 Å². The molecule has 0 saturated carbocycles. The van der Waals surface area contributed by atoms with Crippen molar-refractivity contribution in [1.82, 2.24) is 4.57 Å². The van der Waals surface area contributed by atoms with Gasteiger partial charge in [0, 0.05) is 30.3 Å². The molecule has 2 heterocycles. The maximum Gasteiger partial charge on any atom is 0.310 e. The van der Waals surface area contributed by atoms with Crippen LogP contribution >= 0.6 is 11.3 Å². The Bertz CT molecular complexity index is 876. The monoisotopic (exact) mass is 330 g/mol. The molecule has 1 aliphatic heterocycles. The second-order valence-electron chi connectivity index (χ2n) is 5.08. The second kappa shape index (κ2) is 6.21. The van der Waals surface area contributed by atoms with Crippen molar-refractivity contribution in [1.29, 1.82) is 0 Å². The minimum Gasteiger partial charge on any atom is -0.493 e. The third kappa shape index (κ3) is 3.09. The van der Waals surface area contributed by atoms with Crippen LogP contribution in [0.5, 0.6) is 5.88 Å². The number of carboxylic acids is 1. The van der Waals surface area contributed by atoms with E-state index in [1.807, 2.05) is 24.3 Å². The van der Waals surface area contributed by atoms with Crippen LogP contribution in [0.15, 0.2) is 34.1 Å². The maximum absolute atomic E-state index is 12.0. The number of para-hydroxylation sites is 1. The quantitative estimate of drug-likeness (QED) is 0.881. The molecule has 0 atom stereocenters. The molecular formula is C16H14N2O4S. The number of rotatable bonds is 5. The Morgan fingerprint density at radius 2 is 2.13 bits per heavy atom. The molecule has 118 valence electrons. The van der Waals surface area contributed by atoms with Gasteiger partial charge in [-0.2, -0.15) is 0 Å². The van der Waals surface area contributed by atoms with Crippen molar-refractivity contribution in [3.05, 3.63) is 44.4 Å². The van der Waals surface area contributed by atoms with Gasteiger partial charge in [-0.1, -0.05) is 29.5 Å². The molecule has 0 aliphatic carbocycles. The normalized spacial score (nSPS) is 14.3. The molecule has 0 fully saturated rings. The lowest BCUT2D eigenvalue weighted by molar-refractivity contribution is -0.137. The fourth-order valence-electron chi connectivity index (χ4n) is 2.39. The summed E-state index contributed by atoms with van der Waals surface area (Å²) >= 11 is 0.933. The van der Waals surface area contributed by atoms with E-state index in [9.17, 15) is 14.7 Å². The number of allylic oxidation sites excluding steroid dienone is 1. The number of aromatic nitrogens is 1. The van der Waals surface area contributed by atoms with E-state index in [1.54, 1.807) is 12.3 Å². The van der Waals surface area contributed by atoms with Crippen LogP contribution in [-0.4, -0.2) is 27.0 Å². The Morgan fingerprint density at radius 3 is 2.91 bits per heavy atom. The van der Waals surface area contributed by atoms with Gasteiger partial charge in [0.15, 0.2) is 0 Å². The van der Waals surface area contributed by atoms with Crippen molar-refractivity contribution < 1.29 is 15.0 Å². The first-order chi connectivity index (χ1) is 11.1. The van der Waals surface area contributed by atoms with Crippen LogP contribution in [0, 0.1) is 0 Å². The Balaban J connectivity index is 1.88. The highest BCUT2D eigenvalue weighted by molar-refractivity contribution is 7.10. The van der Waals surface area contributed by atoms with E-state index in [4.69, 9.17) is 5.11 Å². The van der Waals surface area contributed by atoms with E-state index in [2.05, 4.69) is 4.99 Å². The lowest BCUT2D eigenvalue weighted by atomic mass is 10.1. The summed E-state index contributed by atoms with van der Waals surface area (Å²) < 4.78 is 1.21. The van der Waals surface area contributed by atoms with Crippen molar-refractivity contribution in [2.24, 2.45) is 4.99 Å². The lowest BCUT2D eigenvalue weighted by Crippen LogP contribution is -2.13. The topological polar surface area (TPSA) is 91.9 Å². The molecule has 7 heteroatoms. The zero-order valence-corrected chi connectivity index (χ0v) is 12.9. The zero-order valence-electron chi connectivity index (χ0n) is 12.1. The molecule has 0 spiro atoms. The predicted molar refractivity (Wildman–Crippen MR) is 89.6 cm³/mol. The third-order valence-electron chi connectivity index (χ3n) is 3.51. The molecule has 6 nitrogen and oxygen atoms in total. The first kappa shape index (κ1) is 15.2. The van der Waals surface area contributed by atoms with E-state index >= 15 is 0 Å². The van der Waals surface area contributed by atoms with Gasteiger partial charge in [0.2, 0.25) is 5.88 Å². The highest BCUT2D eigenvalue weighted by Gasteiger charge is 2.16. The minimum atomic E-state index is -0.922. The van der Waals surface area contributed by atoms with Gasteiger partial charge in [0.25, 0.3) is 0 Å². The summed E-state index contributed by atoms with van der Waals surface area (Å²) in [6.07, 6.45) is 3.67. The third-order valence-corrected chi connectivity index (χ3v) is 4.43. The van der Waals surface area contributed by atoms with Gasteiger partial charge in [0.1, 0.15) is 0 Å². The molecule has 1 aromatic carbocycles. The summed E-state index contributed by atoms with van der Waals surface area (Å²) in [7, 11) is 0. The van der Waals surface area contributed by atoms with Crippen LogP contribution < -0.4 is 4.87 Å². The number of fused-ring (bicyclic) bond motifs is 1. The highest BCUT2D eigenvalue weighted by Crippen LogP contribution is 2.34. The Hall–Kier alpha value is -2.67. The number of carbonyl (C=O) groups is 1. The molecule has 0 bridgehead atoms. The molecule has 23 heavy (non-hydrogen) atoms. The number of carboxylic acid groups (broad SMARTS) is 1. The van der Waals surface area contributed by atoms with Crippen LogP contribution in [0.4, 0.5) is 5.69 Å². The van der Waals surface area contributed by atoms with Gasteiger partial charge in [0.05, 0.1) is 10.6 Å². The minimum absolute atomic E-state index is 0.0435. The number of hydrogen-bond donors (Lipinski definition) is 2. The van der Waals surface area contributed by atoms with Crippen molar-refractivity contribution in [2.75, 3.05) is 0 Å². The first-order valence-corrected chi connectivity index (χ1v) is 7.87. The van der Waals surface area contributed by atoms with E-state index in [0.29, 0.717) is 11.3 Å². The van der Waals surface area contributed by atoms with Crippen molar-refractivity contribution >= 4 is 40.9 Å². The molecule has 1 aliphatic rings. The number of aliphatic carboxylic acids is 1. The number of aliphatic imine (C=N–C) groups is 1. The van der Waals surface area contributed by atoms with Crippen molar-refractivity contribution in [3.8, 4) is 5.88 Å². The van der Waals surface area contributed by atoms with Crippen LogP contribution in [0.1, 0.15) is 23.3 Å². The molecule has 0 unspecified atom stereocenters. The van der Waals surface area contributed by atoms with Crippen LogP contribution in [-0.2, 0) is 11.3 Å². The fraction of sp³-hybridized carbons (Fsp3) is 0.188. The average Bonchev–Trinajstić information content (AvgIpc) is 3.04. The molecule has 1 aromatic heterocycles. The van der Waals surface area contributed by atoms with Gasteiger partial charge in [-0.25, -0.2) is 0 Å². The van der Waals surface area contributed by atoms with E-state index in [0.717, 1.165) is 28.2 Å². The van der Waals surface area contributed by atoms with Gasteiger partial charge in [-0.05, 0) is 18.6 Å². The molecule has 0 saturated heterocycles. The van der Waals surface area contributed by atoms with Gasteiger partial charge < -0.3 is 10.2 Å². The molecule has 2 aromatic rings. The van der Waals surface area contributed by atoms with E-state index in [-0.39, 0.29) is 23.7 Å². The molecule has 2 N–H and O–H groups in total. The SMILES string of the molecule is O=C(O)CCCn1c(O)c(C=C2C=Nc3ccccc32)sc1=O. The predicted octanol–water partition coefficient (Wildman–Crippen LogP) is 2.74. The van der Waals surface area contributed by atoms with Crippen LogP contribution in [0.25, 0.3) is 11.6 Å². The molecule has 0 amide bonds. The second-order valence-corrected chi connectivity index (χ2v) is 6.07. The Kier molecular flexibility index (Phi) is 4.12. The summed E-state index contributed by atoms with van der Waals surface area (Å²) in [5.74, 6) is -1.05. The van der Waals surface area contributed by atoms with Crippen LogP contribution in [0.2, 0.25) is 0 Å². The molecule has 3 rings (SSSR count). The van der Waals surface area contributed by atoms with E-state index < -0.39 is 5.97 Å². The summed E-state index contributed by atoms with van der Waals surface area (Å²) in [5.41, 5.74) is 2.63. The maximum atomic E-state index is 12.0.